The molecule has 0 aliphatic heterocycles. The van der Waals surface area contributed by atoms with E-state index in [9.17, 15) is 0 Å². The number of aryl methyl sites for hydroxylation is 1. The smallest absolute Gasteiger partial charge is 0.0914 e. The average molecular weight is 401 g/mol. The molecule has 2 rings (SSSR count). The fourth-order valence-electron chi connectivity index (χ4n) is 2.08. The summed E-state index contributed by atoms with van der Waals surface area (Å²) >= 11 is 8.39. The van der Waals surface area contributed by atoms with E-state index in [4.69, 9.17) is 16.3 Å². The van der Waals surface area contributed by atoms with Gasteiger partial charge in [-0.2, -0.15) is 0 Å². The van der Waals surface area contributed by atoms with Gasteiger partial charge in [-0.05, 0) is 36.1 Å². The van der Waals surface area contributed by atoms with E-state index in [0.29, 0.717) is 0 Å². The van der Waals surface area contributed by atoms with Gasteiger partial charge >= 0.3 is 0 Å². The lowest BCUT2D eigenvalue weighted by molar-refractivity contribution is 0.0693. The lowest BCUT2D eigenvalue weighted by Gasteiger charge is -2.16. The molecule has 0 saturated carbocycles. The zero-order valence-corrected chi connectivity index (χ0v) is 14.2. The van der Waals surface area contributed by atoms with E-state index in [0.717, 1.165) is 34.5 Å². The van der Waals surface area contributed by atoms with Crippen molar-refractivity contribution < 1.29 is 4.74 Å². The van der Waals surface area contributed by atoms with Gasteiger partial charge in [0.25, 0.3) is 0 Å². The van der Waals surface area contributed by atoms with Crippen LogP contribution in [0.5, 0.6) is 0 Å². The summed E-state index contributed by atoms with van der Waals surface area (Å²) in [4.78, 5) is 0. The number of ether oxygens (including phenoxy) is 1. The third-order valence-corrected chi connectivity index (χ3v) is 4.17. The first-order valence-electron chi connectivity index (χ1n) is 6.76. The molecule has 0 N–H and O–H groups in total. The van der Waals surface area contributed by atoms with E-state index in [1.807, 2.05) is 24.3 Å². The fourth-order valence-corrected chi connectivity index (χ4v) is 3.04. The van der Waals surface area contributed by atoms with Crippen molar-refractivity contribution in [2.24, 2.45) is 0 Å². The number of benzene rings is 2. The van der Waals surface area contributed by atoms with Crippen molar-refractivity contribution in [1.29, 1.82) is 0 Å². The van der Waals surface area contributed by atoms with Gasteiger partial charge in [-0.25, -0.2) is 0 Å². The van der Waals surface area contributed by atoms with Gasteiger partial charge in [-0.15, -0.1) is 0 Å². The molecule has 0 aliphatic rings. The maximum absolute atomic E-state index is 6.03. The maximum Gasteiger partial charge on any atom is 0.0914 e. The second kappa shape index (κ2) is 8.65. The van der Waals surface area contributed by atoms with Gasteiger partial charge < -0.3 is 4.74 Å². The predicted octanol–water partition coefficient (Wildman–Crippen LogP) is 5.47. The molecular formula is C17H18ClIO. The standard InChI is InChI=1S/C17H18ClIO/c18-16-10-4-9-15(12-16)17(13-19)20-11-5-8-14-6-2-1-3-7-14/h1-4,6-7,9-10,12,17H,5,8,11,13H2. The molecule has 1 atom stereocenters. The van der Waals surface area contributed by atoms with Crippen molar-refractivity contribution in [3.8, 4) is 0 Å². The highest BCUT2D eigenvalue weighted by atomic mass is 127. The van der Waals surface area contributed by atoms with E-state index < -0.39 is 0 Å². The summed E-state index contributed by atoms with van der Waals surface area (Å²) in [6, 6.07) is 18.5. The molecule has 0 heterocycles. The quantitative estimate of drug-likeness (QED) is 0.340. The number of hydrogen-bond acceptors (Lipinski definition) is 1. The Morgan fingerprint density at radius 2 is 1.85 bits per heavy atom. The summed E-state index contributed by atoms with van der Waals surface area (Å²) in [7, 11) is 0. The molecule has 2 aromatic carbocycles. The van der Waals surface area contributed by atoms with Crippen LogP contribution in [0.4, 0.5) is 0 Å². The molecule has 1 unspecified atom stereocenters. The second-order valence-electron chi connectivity index (χ2n) is 4.66. The summed E-state index contributed by atoms with van der Waals surface area (Å²) in [5.74, 6) is 0. The van der Waals surface area contributed by atoms with Crippen LogP contribution in [0.25, 0.3) is 0 Å². The van der Waals surface area contributed by atoms with Crippen molar-refractivity contribution in [3.63, 3.8) is 0 Å². The van der Waals surface area contributed by atoms with Crippen LogP contribution in [0.1, 0.15) is 23.7 Å². The van der Waals surface area contributed by atoms with Gasteiger partial charge in [0, 0.05) is 16.1 Å². The molecule has 0 aromatic heterocycles. The van der Waals surface area contributed by atoms with Crippen LogP contribution in [0.15, 0.2) is 54.6 Å². The number of hydrogen-bond donors (Lipinski definition) is 0. The van der Waals surface area contributed by atoms with Crippen LogP contribution in [0.3, 0.4) is 0 Å². The Kier molecular flexibility index (Phi) is 6.83. The minimum Gasteiger partial charge on any atom is -0.373 e. The van der Waals surface area contributed by atoms with Crippen LogP contribution in [-0.2, 0) is 11.2 Å². The summed E-state index contributed by atoms with van der Waals surface area (Å²) in [6.45, 7) is 0.773. The first-order chi connectivity index (χ1) is 9.79. The van der Waals surface area contributed by atoms with Crippen LogP contribution in [0, 0.1) is 0 Å². The van der Waals surface area contributed by atoms with Gasteiger partial charge in [-0.3, -0.25) is 0 Å². The van der Waals surface area contributed by atoms with Crippen LogP contribution in [-0.4, -0.2) is 11.0 Å². The molecule has 3 heteroatoms. The first kappa shape index (κ1) is 15.8. The number of alkyl halides is 1. The van der Waals surface area contributed by atoms with Gasteiger partial charge in [0.05, 0.1) is 6.10 Å². The molecule has 20 heavy (non-hydrogen) atoms. The Labute approximate surface area is 139 Å². The lowest BCUT2D eigenvalue weighted by atomic mass is 10.1. The SMILES string of the molecule is Clc1cccc(C(CI)OCCCc2ccccc2)c1. The van der Waals surface area contributed by atoms with Gasteiger partial charge in [0.15, 0.2) is 0 Å². The van der Waals surface area contributed by atoms with E-state index in [-0.39, 0.29) is 6.10 Å². The van der Waals surface area contributed by atoms with Gasteiger partial charge in [0.2, 0.25) is 0 Å². The molecule has 0 amide bonds. The first-order valence-corrected chi connectivity index (χ1v) is 8.67. The molecule has 0 spiro atoms. The topological polar surface area (TPSA) is 9.23 Å². The Hall–Kier alpha value is -0.580. The third kappa shape index (κ3) is 5.08. The second-order valence-corrected chi connectivity index (χ2v) is 5.98. The van der Waals surface area contributed by atoms with Crippen molar-refractivity contribution >= 4 is 34.2 Å². The van der Waals surface area contributed by atoms with Crippen molar-refractivity contribution in [2.75, 3.05) is 11.0 Å². The van der Waals surface area contributed by atoms with Crippen molar-refractivity contribution in [1.82, 2.24) is 0 Å². The summed E-state index contributed by atoms with van der Waals surface area (Å²) in [5, 5.41) is 0.769. The van der Waals surface area contributed by atoms with Crippen molar-refractivity contribution in [2.45, 2.75) is 18.9 Å². The largest absolute Gasteiger partial charge is 0.373 e. The molecule has 1 nitrogen and oxygen atoms in total. The highest BCUT2D eigenvalue weighted by Gasteiger charge is 2.10. The molecule has 2 aromatic rings. The molecule has 0 bridgehead atoms. The van der Waals surface area contributed by atoms with Crippen LogP contribution < -0.4 is 0 Å². The van der Waals surface area contributed by atoms with Crippen LogP contribution >= 0.6 is 34.2 Å². The minimum atomic E-state index is 0.130. The highest BCUT2D eigenvalue weighted by Crippen LogP contribution is 2.23. The minimum absolute atomic E-state index is 0.130. The lowest BCUT2D eigenvalue weighted by Crippen LogP contribution is -2.07. The predicted molar refractivity (Wildman–Crippen MR) is 93.8 cm³/mol. The molecule has 0 radical (unpaired) electrons. The normalized spacial score (nSPS) is 12.3. The van der Waals surface area contributed by atoms with Gasteiger partial charge in [-0.1, -0.05) is 76.7 Å². The maximum atomic E-state index is 6.03. The van der Waals surface area contributed by atoms with Crippen LogP contribution in [0.2, 0.25) is 5.02 Å². The van der Waals surface area contributed by atoms with Gasteiger partial charge in [0.1, 0.15) is 0 Å². The highest BCUT2D eigenvalue weighted by molar-refractivity contribution is 14.1. The molecule has 0 saturated heterocycles. The van der Waals surface area contributed by atoms with E-state index >= 15 is 0 Å². The fraction of sp³-hybridized carbons (Fsp3) is 0.294. The van der Waals surface area contributed by atoms with E-state index in [1.54, 1.807) is 0 Å². The Morgan fingerprint density at radius 3 is 2.55 bits per heavy atom. The van der Waals surface area contributed by atoms with E-state index in [2.05, 4.69) is 52.9 Å². The molecule has 0 aliphatic carbocycles. The number of halogens is 2. The molecular weight excluding hydrogens is 383 g/mol. The van der Waals surface area contributed by atoms with E-state index in [1.165, 1.54) is 5.56 Å². The monoisotopic (exact) mass is 400 g/mol. The third-order valence-electron chi connectivity index (χ3n) is 3.13. The molecule has 0 fully saturated rings. The summed E-state index contributed by atoms with van der Waals surface area (Å²) < 4.78 is 6.92. The summed E-state index contributed by atoms with van der Waals surface area (Å²) in [6.07, 6.45) is 2.23. The van der Waals surface area contributed by atoms with Crippen molar-refractivity contribution in [3.05, 3.63) is 70.7 Å². The number of rotatable bonds is 7. The molecule has 106 valence electrons. The Balaban J connectivity index is 1.80. The zero-order chi connectivity index (χ0) is 14.2. The Bertz CT molecular complexity index is 515. The Morgan fingerprint density at radius 1 is 1.05 bits per heavy atom. The summed E-state index contributed by atoms with van der Waals surface area (Å²) in [5.41, 5.74) is 2.52. The zero-order valence-electron chi connectivity index (χ0n) is 11.3. The average Bonchev–Trinajstić information content (AvgIpc) is 2.48.